The molecule has 0 aliphatic heterocycles. The van der Waals surface area contributed by atoms with Gasteiger partial charge in [-0.15, -0.1) is 0 Å². The zero-order valence-electron chi connectivity index (χ0n) is 13.4. The molecule has 21 heavy (non-hydrogen) atoms. The third-order valence-corrected chi connectivity index (χ3v) is 6.13. The first-order chi connectivity index (χ1) is 10.1. The number of rotatable bonds is 6. The highest BCUT2D eigenvalue weighted by atomic mass is 79.9. The second-order valence-corrected chi connectivity index (χ2v) is 8.69. The minimum Gasteiger partial charge on any atom is -0.316 e. The van der Waals surface area contributed by atoms with Gasteiger partial charge in [0.25, 0.3) is 0 Å². The Hall–Kier alpha value is -0.340. The largest absolute Gasteiger partial charge is 0.316 e. The van der Waals surface area contributed by atoms with Crippen LogP contribution in [0.3, 0.4) is 0 Å². The third kappa shape index (κ3) is 3.53. The number of halogens is 1. The van der Waals surface area contributed by atoms with Crippen molar-refractivity contribution in [2.75, 3.05) is 13.1 Å². The molecule has 2 heteroatoms. The van der Waals surface area contributed by atoms with Crippen LogP contribution in [0.5, 0.6) is 0 Å². The van der Waals surface area contributed by atoms with E-state index in [1.54, 1.807) is 0 Å². The Labute approximate surface area is 138 Å². The average Bonchev–Trinajstić information content (AvgIpc) is 3.02. The molecule has 0 heterocycles. The van der Waals surface area contributed by atoms with Gasteiger partial charge < -0.3 is 5.32 Å². The van der Waals surface area contributed by atoms with Crippen molar-refractivity contribution < 1.29 is 0 Å². The zero-order chi connectivity index (χ0) is 14.9. The van der Waals surface area contributed by atoms with Crippen molar-refractivity contribution in [1.82, 2.24) is 5.32 Å². The van der Waals surface area contributed by atoms with Gasteiger partial charge in [0, 0.05) is 11.0 Å². The SMILES string of the molecule is CC(C)CNCC1(Cc2ccc(Br)cc2)CC2CCC1C2. The van der Waals surface area contributed by atoms with Crippen molar-refractivity contribution >= 4 is 15.9 Å². The number of nitrogens with one attached hydrogen (secondary N) is 1. The highest BCUT2D eigenvalue weighted by Crippen LogP contribution is 2.57. The van der Waals surface area contributed by atoms with Gasteiger partial charge in [-0.3, -0.25) is 0 Å². The minimum atomic E-state index is 0.519. The van der Waals surface area contributed by atoms with Crippen molar-refractivity contribution in [3.8, 4) is 0 Å². The summed E-state index contributed by atoms with van der Waals surface area (Å²) in [4.78, 5) is 0. The second-order valence-electron chi connectivity index (χ2n) is 7.77. The van der Waals surface area contributed by atoms with E-state index < -0.39 is 0 Å². The van der Waals surface area contributed by atoms with Gasteiger partial charge in [-0.1, -0.05) is 48.3 Å². The Kier molecular flexibility index (Phi) is 4.75. The molecule has 0 spiro atoms. The molecule has 3 atom stereocenters. The lowest BCUT2D eigenvalue weighted by Gasteiger charge is -2.39. The first-order valence-corrected chi connectivity index (χ1v) is 9.32. The van der Waals surface area contributed by atoms with Crippen molar-refractivity contribution in [1.29, 1.82) is 0 Å². The molecule has 0 aromatic heterocycles. The summed E-state index contributed by atoms with van der Waals surface area (Å²) in [6.07, 6.45) is 7.13. The Balaban J connectivity index is 1.72. The molecular weight excluding hydrogens is 322 g/mol. The van der Waals surface area contributed by atoms with Gasteiger partial charge in [0.05, 0.1) is 0 Å². The minimum absolute atomic E-state index is 0.519. The van der Waals surface area contributed by atoms with E-state index in [1.807, 2.05) is 0 Å². The van der Waals surface area contributed by atoms with E-state index in [-0.39, 0.29) is 0 Å². The maximum Gasteiger partial charge on any atom is 0.0175 e. The van der Waals surface area contributed by atoms with Crippen LogP contribution in [0.4, 0.5) is 0 Å². The standard InChI is InChI=1S/C19H28BrN/c1-14(2)12-21-13-19(11-16-3-6-17(19)9-16)10-15-4-7-18(20)8-5-15/h4-5,7-8,14,16-17,21H,3,6,9-13H2,1-2H3. The molecule has 2 bridgehead atoms. The predicted octanol–water partition coefficient (Wildman–Crippen LogP) is 5.04. The molecule has 3 unspecified atom stereocenters. The molecule has 0 saturated heterocycles. The van der Waals surface area contributed by atoms with Gasteiger partial charge in [-0.2, -0.15) is 0 Å². The molecule has 1 aromatic rings. The molecular formula is C19H28BrN. The fourth-order valence-corrected chi connectivity index (χ4v) is 4.94. The van der Waals surface area contributed by atoms with Crippen LogP contribution in [0.2, 0.25) is 0 Å². The van der Waals surface area contributed by atoms with Gasteiger partial charge >= 0.3 is 0 Å². The van der Waals surface area contributed by atoms with Crippen LogP contribution in [0.25, 0.3) is 0 Å². The van der Waals surface area contributed by atoms with E-state index >= 15 is 0 Å². The van der Waals surface area contributed by atoms with Crippen molar-refractivity contribution in [2.24, 2.45) is 23.2 Å². The summed E-state index contributed by atoms with van der Waals surface area (Å²) >= 11 is 3.55. The van der Waals surface area contributed by atoms with Gasteiger partial charge in [0.1, 0.15) is 0 Å². The van der Waals surface area contributed by atoms with Crippen LogP contribution in [0.15, 0.2) is 28.7 Å². The van der Waals surface area contributed by atoms with Gasteiger partial charge in [0.15, 0.2) is 0 Å². The lowest BCUT2D eigenvalue weighted by atomic mass is 9.69. The van der Waals surface area contributed by atoms with Crippen LogP contribution >= 0.6 is 15.9 Å². The van der Waals surface area contributed by atoms with Gasteiger partial charge in [-0.05, 0) is 73.1 Å². The Morgan fingerprint density at radius 2 is 2.00 bits per heavy atom. The summed E-state index contributed by atoms with van der Waals surface area (Å²) in [6, 6.07) is 9.00. The number of hydrogen-bond donors (Lipinski definition) is 1. The Morgan fingerprint density at radius 3 is 2.57 bits per heavy atom. The van der Waals surface area contributed by atoms with Crippen molar-refractivity contribution in [3.05, 3.63) is 34.3 Å². The zero-order valence-corrected chi connectivity index (χ0v) is 15.0. The fraction of sp³-hybridized carbons (Fsp3) is 0.684. The highest BCUT2D eigenvalue weighted by Gasteiger charge is 2.50. The average molecular weight is 350 g/mol. The highest BCUT2D eigenvalue weighted by molar-refractivity contribution is 9.10. The van der Waals surface area contributed by atoms with Gasteiger partial charge in [0.2, 0.25) is 0 Å². The number of hydrogen-bond acceptors (Lipinski definition) is 1. The molecule has 2 fully saturated rings. The van der Waals surface area contributed by atoms with E-state index in [1.165, 1.54) is 48.7 Å². The molecule has 2 saturated carbocycles. The number of benzene rings is 1. The first-order valence-electron chi connectivity index (χ1n) is 8.52. The lowest BCUT2D eigenvalue weighted by molar-refractivity contribution is 0.155. The second kappa shape index (κ2) is 6.42. The maximum atomic E-state index is 3.77. The quantitative estimate of drug-likeness (QED) is 0.758. The summed E-state index contributed by atoms with van der Waals surface area (Å²) in [7, 11) is 0. The van der Waals surface area contributed by atoms with Crippen LogP contribution < -0.4 is 5.32 Å². The van der Waals surface area contributed by atoms with Crippen LogP contribution in [0, 0.1) is 23.2 Å². The molecule has 0 radical (unpaired) electrons. The van der Waals surface area contributed by atoms with Crippen molar-refractivity contribution in [2.45, 2.75) is 46.0 Å². The molecule has 2 aliphatic rings. The summed E-state index contributed by atoms with van der Waals surface area (Å²) in [5.41, 5.74) is 2.03. The summed E-state index contributed by atoms with van der Waals surface area (Å²) in [5, 5.41) is 3.77. The molecule has 1 aromatic carbocycles. The van der Waals surface area contributed by atoms with E-state index in [4.69, 9.17) is 0 Å². The molecule has 0 amide bonds. The van der Waals surface area contributed by atoms with E-state index in [0.29, 0.717) is 5.41 Å². The normalized spacial score (nSPS) is 31.2. The molecule has 2 aliphatic carbocycles. The molecule has 1 N–H and O–H groups in total. The lowest BCUT2D eigenvalue weighted by Crippen LogP contribution is -2.41. The molecule has 116 valence electrons. The van der Waals surface area contributed by atoms with Gasteiger partial charge in [-0.25, -0.2) is 0 Å². The Morgan fingerprint density at radius 1 is 1.24 bits per heavy atom. The summed E-state index contributed by atoms with van der Waals surface area (Å²) < 4.78 is 1.19. The number of fused-ring (bicyclic) bond motifs is 2. The topological polar surface area (TPSA) is 12.0 Å². The summed E-state index contributed by atoms with van der Waals surface area (Å²) in [5.74, 6) is 2.70. The van der Waals surface area contributed by atoms with E-state index in [9.17, 15) is 0 Å². The summed E-state index contributed by atoms with van der Waals surface area (Å²) in [6.45, 7) is 6.96. The predicted molar refractivity (Wildman–Crippen MR) is 93.4 cm³/mol. The fourth-order valence-electron chi connectivity index (χ4n) is 4.67. The van der Waals surface area contributed by atoms with E-state index in [0.717, 1.165) is 24.3 Å². The maximum absolute atomic E-state index is 3.77. The van der Waals surface area contributed by atoms with E-state index in [2.05, 4.69) is 59.4 Å². The molecule has 3 rings (SSSR count). The Bertz CT molecular complexity index is 467. The third-order valence-electron chi connectivity index (χ3n) is 5.60. The van der Waals surface area contributed by atoms with Crippen LogP contribution in [-0.4, -0.2) is 13.1 Å². The monoisotopic (exact) mass is 349 g/mol. The van der Waals surface area contributed by atoms with Crippen molar-refractivity contribution in [3.63, 3.8) is 0 Å². The van der Waals surface area contributed by atoms with Crippen LogP contribution in [-0.2, 0) is 6.42 Å². The van der Waals surface area contributed by atoms with Crippen LogP contribution in [0.1, 0.15) is 45.1 Å². The first kappa shape index (κ1) is 15.6. The smallest absolute Gasteiger partial charge is 0.0175 e. The molecule has 1 nitrogen and oxygen atoms in total.